The van der Waals surface area contributed by atoms with Crippen molar-refractivity contribution >= 4 is 23.5 Å². The number of carbonyl (C=O) groups excluding carboxylic acids is 1. The first-order valence-electron chi connectivity index (χ1n) is 5.70. The number of aliphatic carboxylic acids is 1. The first-order chi connectivity index (χ1) is 8.50. The van der Waals surface area contributed by atoms with Crippen molar-refractivity contribution in [2.75, 3.05) is 13.6 Å². The lowest BCUT2D eigenvalue weighted by molar-refractivity contribution is -0.140. The minimum Gasteiger partial charge on any atom is -0.481 e. The molecule has 1 aromatic carbocycles. The summed E-state index contributed by atoms with van der Waals surface area (Å²) in [5.74, 6) is -1.12. The molecule has 4 nitrogen and oxygen atoms in total. The number of halogens is 1. The number of hydrogen-bond acceptors (Lipinski definition) is 2. The summed E-state index contributed by atoms with van der Waals surface area (Å²) in [7, 11) is 1.67. The van der Waals surface area contributed by atoms with Gasteiger partial charge in [-0.1, -0.05) is 29.8 Å². The van der Waals surface area contributed by atoms with Gasteiger partial charge in [0.05, 0.1) is 6.42 Å². The van der Waals surface area contributed by atoms with Crippen LogP contribution in [0, 0.1) is 0 Å². The molecule has 0 atom stereocenters. The zero-order valence-corrected chi connectivity index (χ0v) is 11.0. The van der Waals surface area contributed by atoms with Crippen molar-refractivity contribution in [3.8, 4) is 0 Å². The molecule has 0 radical (unpaired) electrons. The number of hydrogen-bond donors (Lipinski definition) is 1. The number of likely N-dealkylation sites (N-methyl/N-ethyl adjacent to an activating group) is 1. The molecule has 98 valence electrons. The van der Waals surface area contributed by atoms with Crippen LogP contribution in [0.4, 0.5) is 0 Å². The van der Waals surface area contributed by atoms with Crippen LogP contribution in [0.5, 0.6) is 0 Å². The minimum atomic E-state index is -0.956. The Morgan fingerprint density at radius 2 is 1.94 bits per heavy atom. The van der Waals surface area contributed by atoms with E-state index in [1.165, 1.54) is 4.90 Å². The molecule has 0 aromatic heterocycles. The van der Waals surface area contributed by atoms with Gasteiger partial charge in [0.1, 0.15) is 0 Å². The molecule has 0 aliphatic carbocycles. The molecule has 1 amide bonds. The number of amides is 1. The maximum Gasteiger partial charge on any atom is 0.303 e. The van der Waals surface area contributed by atoms with Crippen LogP contribution in [0.25, 0.3) is 0 Å². The second kappa shape index (κ2) is 7.01. The van der Waals surface area contributed by atoms with Crippen LogP contribution in [-0.2, 0) is 16.0 Å². The van der Waals surface area contributed by atoms with Crippen molar-refractivity contribution in [1.29, 1.82) is 0 Å². The first kappa shape index (κ1) is 14.5. The summed E-state index contributed by atoms with van der Waals surface area (Å²) in [4.78, 5) is 23.5. The molecule has 1 aromatic rings. The molecule has 0 bridgehead atoms. The molecule has 0 aliphatic rings. The Labute approximate surface area is 111 Å². The third-order valence-electron chi connectivity index (χ3n) is 2.65. The van der Waals surface area contributed by atoms with Gasteiger partial charge < -0.3 is 10.0 Å². The third-order valence-corrected chi connectivity index (χ3v) is 3.02. The highest BCUT2D eigenvalue weighted by Gasteiger charge is 2.11. The smallest absolute Gasteiger partial charge is 0.303 e. The minimum absolute atomic E-state index is 0.0361. The van der Waals surface area contributed by atoms with Gasteiger partial charge in [0.2, 0.25) is 5.91 Å². The van der Waals surface area contributed by atoms with E-state index in [9.17, 15) is 9.59 Å². The monoisotopic (exact) mass is 269 g/mol. The highest BCUT2D eigenvalue weighted by atomic mass is 35.5. The van der Waals surface area contributed by atoms with E-state index < -0.39 is 5.97 Å². The van der Waals surface area contributed by atoms with Crippen molar-refractivity contribution in [3.63, 3.8) is 0 Å². The largest absolute Gasteiger partial charge is 0.481 e. The Kier molecular flexibility index (Phi) is 5.65. The first-order valence-corrected chi connectivity index (χ1v) is 6.07. The van der Waals surface area contributed by atoms with Gasteiger partial charge >= 0.3 is 5.97 Å². The van der Waals surface area contributed by atoms with E-state index in [4.69, 9.17) is 16.7 Å². The maximum absolute atomic E-state index is 11.6. The zero-order valence-electron chi connectivity index (χ0n) is 10.2. The third kappa shape index (κ3) is 4.75. The molecule has 0 saturated carbocycles. The highest BCUT2D eigenvalue weighted by molar-refractivity contribution is 6.31. The van der Waals surface area contributed by atoms with Crippen LogP contribution in [0.3, 0.4) is 0 Å². The van der Waals surface area contributed by atoms with E-state index in [0.29, 0.717) is 18.0 Å². The molecule has 0 saturated heterocycles. The van der Waals surface area contributed by atoms with E-state index in [1.54, 1.807) is 7.05 Å². The zero-order chi connectivity index (χ0) is 13.5. The van der Waals surface area contributed by atoms with Gasteiger partial charge in [-0.2, -0.15) is 0 Å². The quantitative estimate of drug-likeness (QED) is 0.861. The Balaban J connectivity index is 2.41. The van der Waals surface area contributed by atoms with E-state index in [0.717, 1.165) is 5.56 Å². The van der Waals surface area contributed by atoms with Crippen LogP contribution in [0.1, 0.15) is 18.4 Å². The fourth-order valence-corrected chi connectivity index (χ4v) is 1.75. The molecule has 0 spiro atoms. The number of benzene rings is 1. The van der Waals surface area contributed by atoms with Gasteiger partial charge in [0.25, 0.3) is 0 Å². The van der Waals surface area contributed by atoms with Gasteiger partial charge in [-0.05, 0) is 18.1 Å². The number of carboxylic acids is 1. The van der Waals surface area contributed by atoms with Crippen LogP contribution in [0.15, 0.2) is 24.3 Å². The van der Waals surface area contributed by atoms with Crippen LogP contribution >= 0.6 is 11.6 Å². The van der Waals surface area contributed by atoms with Gasteiger partial charge in [0.15, 0.2) is 0 Å². The number of carbonyl (C=O) groups is 2. The Morgan fingerprint density at radius 1 is 1.28 bits per heavy atom. The van der Waals surface area contributed by atoms with Gasteiger partial charge in [-0.15, -0.1) is 0 Å². The van der Waals surface area contributed by atoms with Crippen molar-refractivity contribution in [1.82, 2.24) is 4.90 Å². The van der Waals surface area contributed by atoms with E-state index in [1.807, 2.05) is 24.3 Å². The summed E-state index contributed by atoms with van der Waals surface area (Å²) in [5.41, 5.74) is 0.983. The summed E-state index contributed by atoms with van der Waals surface area (Å²) in [6.45, 7) is 0.530. The van der Waals surface area contributed by atoms with Gasteiger partial charge in [0, 0.05) is 25.0 Å². The Bertz CT molecular complexity index is 434. The lowest BCUT2D eigenvalue weighted by Crippen LogP contribution is -2.29. The predicted octanol–water partition coefficient (Wildman–Crippen LogP) is 2.21. The number of rotatable bonds is 6. The Morgan fingerprint density at radius 3 is 2.56 bits per heavy atom. The van der Waals surface area contributed by atoms with Crippen molar-refractivity contribution in [3.05, 3.63) is 34.9 Å². The number of carboxylic acid groups (broad SMARTS) is 1. The second-order valence-electron chi connectivity index (χ2n) is 4.05. The van der Waals surface area contributed by atoms with Crippen LogP contribution in [-0.4, -0.2) is 35.5 Å². The van der Waals surface area contributed by atoms with E-state index in [2.05, 4.69) is 0 Å². The highest BCUT2D eigenvalue weighted by Crippen LogP contribution is 2.15. The Hall–Kier alpha value is -1.55. The predicted molar refractivity (Wildman–Crippen MR) is 69.7 cm³/mol. The molecule has 1 N–H and O–H groups in total. The maximum atomic E-state index is 11.6. The van der Waals surface area contributed by atoms with E-state index >= 15 is 0 Å². The van der Waals surface area contributed by atoms with Crippen LogP contribution in [0.2, 0.25) is 5.02 Å². The standard InChI is InChI=1S/C13H16ClNO3/c1-15(12(16)6-7-13(17)18)9-8-10-4-2-3-5-11(10)14/h2-5H,6-9H2,1H3,(H,17,18). The fraction of sp³-hybridized carbons (Fsp3) is 0.385. The lowest BCUT2D eigenvalue weighted by atomic mass is 10.1. The average molecular weight is 270 g/mol. The summed E-state index contributed by atoms with van der Waals surface area (Å²) >= 11 is 6.01. The normalized spacial score (nSPS) is 10.1. The topological polar surface area (TPSA) is 57.6 Å². The van der Waals surface area contributed by atoms with Crippen molar-refractivity contribution < 1.29 is 14.7 Å². The van der Waals surface area contributed by atoms with Gasteiger partial charge in [-0.3, -0.25) is 9.59 Å². The molecular weight excluding hydrogens is 254 g/mol. The second-order valence-corrected chi connectivity index (χ2v) is 4.46. The lowest BCUT2D eigenvalue weighted by Gasteiger charge is -2.17. The molecule has 0 aliphatic heterocycles. The molecule has 18 heavy (non-hydrogen) atoms. The van der Waals surface area contributed by atoms with E-state index in [-0.39, 0.29) is 18.7 Å². The summed E-state index contributed by atoms with van der Waals surface area (Å²) in [6, 6.07) is 7.47. The summed E-state index contributed by atoms with van der Waals surface area (Å²) < 4.78 is 0. The van der Waals surface area contributed by atoms with Gasteiger partial charge in [-0.25, -0.2) is 0 Å². The van der Waals surface area contributed by atoms with Crippen molar-refractivity contribution in [2.24, 2.45) is 0 Å². The molecular formula is C13H16ClNO3. The molecule has 0 fully saturated rings. The van der Waals surface area contributed by atoms with Crippen molar-refractivity contribution in [2.45, 2.75) is 19.3 Å². The number of nitrogens with zero attached hydrogens (tertiary/aromatic N) is 1. The summed E-state index contributed by atoms with van der Waals surface area (Å²) in [6.07, 6.45) is 0.568. The molecule has 0 unspecified atom stereocenters. The molecule has 0 heterocycles. The molecule has 5 heteroatoms. The average Bonchev–Trinajstić information content (AvgIpc) is 2.34. The molecule has 1 rings (SSSR count). The van der Waals surface area contributed by atoms with Crippen LogP contribution < -0.4 is 0 Å². The summed E-state index contributed by atoms with van der Waals surface area (Å²) in [5, 5.41) is 9.18. The fourth-order valence-electron chi connectivity index (χ4n) is 1.52. The SMILES string of the molecule is CN(CCc1ccccc1Cl)C(=O)CCC(=O)O.